The van der Waals surface area contributed by atoms with Gasteiger partial charge in [0.25, 0.3) is 0 Å². The minimum Gasteiger partial charge on any atom is -0.465 e. The first kappa shape index (κ1) is 16.4. The van der Waals surface area contributed by atoms with Crippen LogP contribution in [-0.2, 0) is 17.6 Å². The van der Waals surface area contributed by atoms with Crippen molar-refractivity contribution >= 4 is 23.4 Å². The molecule has 0 aliphatic rings. The maximum atomic E-state index is 11.8. The van der Waals surface area contributed by atoms with E-state index in [9.17, 15) is 4.79 Å². The number of carbonyl (C=O) groups excluding carboxylic acids is 1. The Balaban J connectivity index is 1.72. The zero-order valence-corrected chi connectivity index (χ0v) is 14.4. The number of esters is 1. The fourth-order valence-electron chi connectivity index (χ4n) is 2.60. The molecule has 0 aliphatic heterocycles. The maximum Gasteiger partial charge on any atom is 0.338 e. The highest BCUT2D eigenvalue weighted by Gasteiger charge is 2.11. The fourth-order valence-corrected chi connectivity index (χ4v) is 2.92. The number of nitrogens with zero attached hydrogens (tertiary/aromatic N) is 4. The lowest BCUT2D eigenvalue weighted by Gasteiger charge is -2.07. The van der Waals surface area contributed by atoms with Crippen LogP contribution >= 0.6 is 11.8 Å². The summed E-state index contributed by atoms with van der Waals surface area (Å²) in [5.41, 5.74) is 3.42. The quantitative estimate of drug-likeness (QED) is 0.507. The van der Waals surface area contributed by atoms with Crippen molar-refractivity contribution in [2.45, 2.75) is 24.4 Å². The number of ether oxygens (including phenoxy) is 1. The van der Waals surface area contributed by atoms with Crippen molar-refractivity contribution in [3.05, 3.63) is 53.5 Å². The molecule has 0 bridgehead atoms. The molecule has 124 valence electrons. The predicted molar refractivity (Wildman–Crippen MR) is 92.4 cm³/mol. The zero-order chi connectivity index (χ0) is 16.9. The molecule has 2 heterocycles. The number of imidazole rings is 1. The van der Waals surface area contributed by atoms with Crippen molar-refractivity contribution in [1.82, 2.24) is 19.6 Å². The molecule has 0 spiro atoms. The van der Waals surface area contributed by atoms with Gasteiger partial charge in [0.1, 0.15) is 0 Å². The Kier molecular flexibility index (Phi) is 5.10. The van der Waals surface area contributed by atoms with Crippen LogP contribution in [0.3, 0.4) is 0 Å². The van der Waals surface area contributed by atoms with Gasteiger partial charge in [0.2, 0.25) is 5.16 Å². The minimum atomic E-state index is -0.294. The van der Waals surface area contributed by atoms with Crippen LogP contribution < -0.4 is 0 Å². The van der Waals surface area contributed by atoms with Gasteiger partial charge in [-0.25, -0.2) is 19.3 Å². The number of rotatable bonds is 6. The zero-order valence-electron chi connectivity index (χ0n) is 13.6. The average molecular weight is 342 g/mol. The van der Waals surface area contributed by atoms with Crippen LogP contribution in [0.5, 0.6) is 0 Å². The molecule has 0 saturated carbocycles. The lowest BCUT2D eigenvalue weighted by Crippen LogP contribution is -2.06. The molecule has 0 atom stereocenters. The van der Waals surface area contributed by atoms with E-state index in [4.69, 9.17) is 4.74 Å². The minimum absolute atomic E-state index is 0.294. The molecule has 0 unspecified atom stereocenters. The third-order valence-electron chi connectivity index (χ3n) is 3.80. The summed E-state index contributed by atoms with van der Waals surface area (Å²) in [5.74, 6) is -0.294. The lowest BCUT2D eigenvalue weighted by molar-refractivity contribution is 0.0599. The summed E-state index contributed by atoms with van der Waals surface area (Å²) in [4.78, 5) is 20.4. The van der Waals surface area contributed by atoms with Crippen molar-refractivity contribution in [3.63, 3.8) is 0 Å². The smallest absolute Gasteiger partial charge is 0.338 e. The standard InChI is InChI=1S/C17H18N4O2S/c1-23-16(22)14-9-4-3-6-12(14)7-5-8-13-10-18-15-11-19-17(24-2)20-21(13)15/h3-4,6,9-11H,5,7-8H2,1-2H3. The Hall–Kier alpha value is -2.41. The van der Waals surface area contributed by atoms with E-state index in [-0.39, 0.29) is 5.97 Å². The summed E-state index contributed by atoms with van der Waals surface area (Å²) >= 11 is 1.50. The number of hydrogen-bond donors (Lipinski definition) is 0. The number of fused-ring (bicyclic) bond motifs is 1. The maximum absolute atomic E-state index is 11.8. The molecular formula is C17H18N4O2S. The second-order valence-corrected chi connectivity index (χ2v) is 6.04. The van der Waals surface area contributed by atoms with E-state index in [1.54, 1.807) is 12.3 Å². The van der Waals surface area contributed by atoms with E-state index in [0.717, 1.165) is 41.3 Å². The number of benzene rings is 1. The molecule has 3 rings (SSSR count). The van der Waals surface area contributed by atoms with Crippen LogP contribution in [-0.4, -0.2) is 38.9 Å². The summed E-state index contributed by atoms with van der Waals surface area (Å²) in [5, 5.41) is 5.19. The largest absolute Gasteiger partial charge is 0.465 e. The van der Waals surface area contributed by atoms with Crippen molar-refractivity contribution in [2.75, 3.05) is 13.4 Å². The Bertz CT molecular complexity index is 863. The number of aromatic nitrogens is 4. The Morgan fingerprint density at radius 2 is 2.04 bits per heavy atom. The molecule has 6 nitrogen and oxygen atoms in total. The number of hydrogen-bond acceptors (Lipinski definition) is 6. The summed E-state index contributed by atoms with van der Waals surface area (Å²) < 4.78 is 6.68. The average Bonchev–Trinajstić information content (AvgIpc) is 3.03. The summed E-state index contributed by atoms with van der Waals surface area (Å²) in [6.07, 6.45) is 8.01. The van der Waals surface area contributed by atoms with E-state index in [1.165, 1.54) is 18.9 Å². The van der Waals surface area contributed by atoms with E-state index < -0.39 is 0 Å². The van der Waals surface area contributed by atoms with E-state index in [2.05, 4.69) is 15.1 Å². The molecule has 0 amide bonds. The normalized spacial score (nSPS) is 10.9. The molecule has 3 aromatic rings. The van der Waals surface area contributed by atoms with Crippen molar-refractivity contribution in [2.24, 2.45) is 0 Å². The Morgan fingerprint density at radius 3 is 2.83 bits per heavy atom. The van der Waals surface area contributed by atoms with E-state index in [0.29, 0.717) is 5.56 Å². The van der Waals surface area contributed by atoms with Crippen molar-refractivity contribution in [3.8, 4) is 0 Å². The third kappa shape index (κ3) is 3.41. The molecule has 2 aromatic heterocycles. The summed E-state index contributed by atoms with van der Waals surface area (Å²) in [6.45, 7) is 0. The highest BCUT2D eigenvalue weighted by Crippen LogP contribution is 2.15. The van der Waals surface area contributed by atoms with Crippen LogP contribution in [0.15, 0.2) is 41.8 Å². The monoisotopic (exact) mass is 342 g/mol. The van der Waals surface area contributed by atoms with E-state index >= 15 is 0 Å². The van der Waals surface area contributed by atoms with Gasteiger partial charge in [-0.3, -0.25) is 0 Å². The topological polar surface area (TPSA) is 69.4 Å². The molecular weight excluding hydrogens is 324 g/mol. The van der Waals surface area contributed by atoms with Gasteiger partial charge in [-0.15, -0.1) is 5.10 Å². The van der Waals surface area contributed by atoms with E-state index in [1.807, 2.05) is 35.2 Å². The molecule has 24 heavy (non-hydrogen) atoms. The van der Waals surface area contributed by atoms with Crippen LogP contribution in [0.25, 0.3) is 5.65 Å². The highest BCUT2D eigenvalue weighted by atomic mass is 32.2. The van der Waals surface area contributed by atoms with Crippen molar-refractivity contribution < 1.29 is 9.53 Å². The van der Waals surface area contributed by atoms with Crippen molar-refractivity contribution in [1.29, 1.82) is 0 Å². The highest BCUT2D eigenvalue weighted by molar-refractivity contribution is 7.98. The second-order valence-electron chi connectivity index (χ2n) is 5.27. The van der Waals surface area contributed by atoms with Gasteiger partial charge in [-0.2, -0.15) is 0 Å². The van der Waals surface area contributed by atoms with Gasteiger partial charge < -0.3 is 4.74 Å². The molecule has 0 saturated heterocycles. The number of thioether (sulfide) groups is 1. The van der Waals surface area contributed by atoms with Gasteiger partial charge in [-0.1, -0.05) is 30.0 Å². The lowest BCUT2D eigenvalue weighted by atomic mass is 10.0. The number of methoxy groups -OCH3 is 1. The first-order valence-electron chi connectivity index (χ1n) is 7.63. The summed E-state index contributed by atoms with van der Waals surface area (Å²) in [6, 6.07) is 7.55. The first-order valence-corrected chi connectivity index (χ1v) is 8.85. The van der Waals surface area contributed by atoms with Gasteiger partial charge in [0, 0.05) is 0 Å². The van der Waals surface area contributed by atoms with Gasteiger partial charge in [0.05, 0.1) is 30.8 Å². The third-order valence-corrected chi connectivity index (χ3v) is 4.35. The predicted octanol–water partition coefficient (Wildman–Crippen LogP) is 2.81. The molecule has 0 aliphatic carbocycles. The number of carbonyl (C=O) groups is 1. The molecule has 0 radical (unpaired) electrons. The van der Waals surface area contributed by atoms with Gasteiger partial charge in [-0.05, 0) is 37.1 Å². The molecule has 0 fully saturated rings. The SMILES string of the molecule is COC(=O)c1ccccc1CCCc1cnc2cnc(SC)nn12. The fraction of sp³-hybridized carbons (Fsp3) is 0.294. The van der Waals surface area contributed by atoms with Crippen LogP contribution in [0.1, 0.15) is 28.0 Å². The Labute approximate surface area is 144 Å². The van der Waals surface area contributed by atoms with Crippen LogP contribution in [0.2, 0.25) is 0 Å². The van der Waals surface area contributed by atoms with Gasteiger partial charge in [0.15, 0.2) is 5.65 Å². The van der Waals surface area contributed by atoms with Crippen LogP contribution in [0.4, 0.5) is 0 Å². The molecule has 1 aromatic carbocycles. The second kappa shape index (κ2) is 7.44. The summed E-state index contributed by atoms with van der Waals surface area (Å²) in [7, 11) is 1.40. The number of aryl methyl sites for hydroxylation is 2. The Morgan fingerprint density at radius 1 is 1.21 bits per heavy atom. The molecule has 7 heteroatoms. The van der Waals surface area contributed by atoms with Crippen LogP contribution in [0, 0.1) is 0 Å². The van der Waals surface area contributed by atoms with Gasteiger partial charge >= 0.3 is 5.97 Å². The first-order chi connectivity index (χ1) is 11.7. The molecule has 0 N–H and O–H groups in total.